The number of carbonyl (C=O) groups excluding carboxylic acids is 1. The molecule has 0 atom stereocenters. The first-order valence-corrected chi connectivity index (χ1v) is 20.3. The maximum atomic E-state index is 12.5. The molecule has 10 heteroatoms. The Morgan fingerprint density at radius 3 is 1.70 bits per heavy atom. The average Bonchev–Trinajstić information content (AvgIpc) is 3.91. The molecule has 10 nitrogen and oxygen atoms in total. The van der Waals surface area contributed by atoms with Gasteiger partial charge in [0, 0.05) is 47.0 Å². The predicted molar refractivity (Wildman–Crippen MR) is 226 cm³/mol. The quantitative estimate of drug-likeness (QED) is 0.0356. The van der Waals surface area contributed by atoms with E-state index in [1.54, 1.807) is 6.08 Å². The number of unbranched alkanes of at least 4 members (excludes halogenated alkanes) is 13. The molecule has 0 saturated carbocycles. The summed E-state index contributed by atoms with van der Waals surface area (Å²) in [6.07, 6.45) is 24.3. The lowest BCUT2D eigenvalue weighted by Crippen LogP contribution is -2.21. The molecule has 4 N–H and O–H groups in total. The average molecular weight is 771 g/mol. The molecule has 5 aromatic rings. The first-order chi connectivity index (χ1) is 27.8. The van der Waals surface area contributed by atoms with Crippen LogP contribution in [0.5, 0.6) is 0 Å². The molecule has 0 bridgehead atoms. The molecular weight excluding hydrogens is 717 g/mol. The molecule has 0 aliphatic rings. The van der Waals surface area contributed by atoms with Crippen LogP contribution >= 0.6 is 0 Å². The predicted octanol–water partition coefficient (Wildman–Crippen LogP) is 11.5. The summed E-state index contributed by atoms with van der Waals surface area (Å²) in [5, 5.41) is 25.1. The second kappa shape index (κ2) is 22.5. The van der Waals surface area contributed by atoms with E-state index in [1.807, 2.05) is 78.9 Å². The van der Waals surface area contributed by atoms with E-state index in [9.17, 15) is 19.5 Å². The van der Waals surface area contributed by atoms with Gasteiger partial charge in [-0.1, -0.05) is 168 Å². The second-order valence-electron chi connectivity index (χ2n) is 14.4. The SMILES string of the molecule is CCCCCCCCCCCCCCCCNC(=O)C=Cc1ccc(-c2[nH]c(-c3ccc(-c4cc(C(=O)O)on4)cc3)nc2-c2ccc(/C=C/C(=O)O)cc2)cc1. The Balaban J connectivity index is 1.15. The number of H-pyrrole nitrogens is 1. The minimum atomic E-state index is -1.19. The number of carbonyl (C=O) groups is 3. The molecule has 0 radical (unpaired) electrons. The van der Waals surface area contributed by atoms with Gasteiger partial charge in [-0.05, 0) is 29.7 Å². The van der Waals surface area contributed by atoms with Crippen LogP contribution in [0.15, 0.2) is 95.5 Å². The van der Waals surface area contributed by atoms with Crippen LogP contribution in [0.4, 0.5) is 0 Å². The van der Waals surface area contributed by atoms with Gasteiger partial charge in [-0.15, -0.1) is 0 Å². The van der Waals surface area contributed by atoms with Crippen molar-refractivity contribution in [2.45, 2.75) is 96.8 Å². The number of carboxylic acid groups (broad SMARTS) is 2. The topological polar surface area (TPSA) is 158 Å². The fourth-order valence-electron chi connectivity index (χ4n) is 6.68. The third-order valence-electron chi connectivity index (χ3n) is 9.94. The summed E-state index contributed by atoms with van der Waals surface area (Å²) in [5.41, 5.74) is 6.74. The van der Waals surface area contributed by atoms with E-state index >= 15 is 0 Å². The highest BCUT2D eigenvalue weighted by molar-refractivity contribution is 5.92. The van der Waals surface area contributed by atoms with Crippen molar-refractivity contribution in [2.24, 2.45) is 0 Å². The Morgan fingerprint density at radius 2 is 1.16 bits per heavy atom. The number of benzene rings is 3. The van der Waals surface area contributed by atoms with Crippen molar-refractivity contribution in [1.82, 2.24) is 20.4 Å². The molecule has 0 aliphatic heterocycles. The van der Waals surface area contributed by atoms with Crippen LogP contribution < -0.4 is 5.32 Å². The number of aromatic amines is 1. The molecule has 3 aromatic carbocycles. The number of aromatic carboxylic acids is 1. The number of aromatic nitrogens is 3. The van der Waals surface area contributed by atoms with E-state index in [4.69, 9.17) is 14.6 Å². The first kappa shape index (κ1) is 42.1. The molecule has 0 unspecified atom stereocenters. The number of nitrogens with zero attached hydrogens (tertiary/aromatic N) is 2. The summed E-state index contributed by atoms with van der Waals surface area (Å²) in [5.74, 6) is -1.93. The minimum absolute atomic E-state index is 0.104. The van der Waals surface area contributed by atoms with Gasteiger partial charge in [0.15, 0.2) is 0 Å². The van der Waals surface area contributed by atoms with Gasteiger partial charge in [0.05, 0.1) is 11.4 Å². The molecule has 5 rings (SSSR count). The fraction of sp³-hybridized carbons (Fsp3) is 0.340. The van der Waals surface area contributed by atoms with E-state index in [1.165, 1.54) is 89.2 Å². The van der Waals surface area contributed by atoms with Crippen molar-refractivity contribution in [3.63, 3.8) is 0 Å². The lowest BCUT2D eigenvalue weighted by atomic mass is 10.0. The molecule has 57 heavy (non-hydrogen) atoms. The summed E-state index contributed by atoms with van der Waals surface area (Å²) < 4.78 is 4.91. The molecule has 2 heterocycles. The van der Waals surface area contributed by atoms with Crippen molar-refractivity contribution in [3.05, 3.63) is 108 Å². The lowest BCUT2D eigenvalue weighted by Gasteiger charge is -2.05. The lowest BCUT2D eigenvalue weighted by molar-refractivity contribution is -0.131. The molecule has 0 saturated heterocycles. The third-order valence-corrected chi connectivity index (χ3v) is 9.94. The summed E-state index contributed by atoms with van der Waals surface area (Å²) in [6, 6.07) is 24.1. The van der Waals surface area contributed by atoms with Crippen LogP contribution in [0, 0.1) is 0 Å². The summed E-state index contributed by atoms with van der Waals surface area (Å²) in [4.78, 5) is 43.2. The van der Waals surface area contributed by atoms with Crippen molar-refractivity contribution >= 4 is 30.0 Å². The Labute approximate surface area is 335 Å². The number of rotatable bonds is 24. The van der Waals surface area contributed by atoms with E-state index in [2.05, 4.69) is 22.4 Å². The molecular formula is C47H54N4O6. The number of aliphatic carboxylic acids is 1. The number of nitrogens with one attached hydrogen (secondary N) is 2. The molecule has 1 amide bonds. The highest BCUT2D eigenvalue weighted by atomic mass is 16.5. The zero-order valence-corrected chi connectivity index (χ0v) is 32.8. The Bertz CT molecular complexity index is 2080. The highest BCUT2D eigenvalue weighted by Crippen LogP contribution is 2.34. The van der Waals surface area contributed by atoms with E-state index in [0.29, 0.717) is 29.3 Å². The standard InChI is InChI=1S/C47H54N4O6/c1-2-3-4-5-6-7-8-9-10-11-12-13-14-15-32-48-42(52)30-20-34-16-22-37(23-17-34)44-45(38-24-18-35(19-25-38)21-31-43(53)54)50-46(49-44)39-28-26-36(27-29-39)40-33-41(47(55)56)57-51-40/h16-31,33H,2-15,32H2,1H3,(H,48,52)(H,49,50)(H,53,54)(H,55,56)/b30-20?,31-21+. The van der Waals surface area contributed by atoms with Gasteiger partial charge in [0.2, 0.25) is 11.7 Å². The van der Waals surface area contributed by atoms with E-state index < -0.39 is 11.9 Å². The number of hydrogen-bond acceptors (Lipinski definition) is 6. The summed E-state index contributed by atoms with van der Waals surface area (Å²) in [7, 11) is 0. The minimum Gasteiger partial charge on any atom is -0.478 e. The number of hydrogen-bond donors (Lipinski definition) is 4. The van der Waals surface area contributed by atoms with Crippen molar-refractivity contribution < 1.29 is 29.1 Å². The Morgan fingerprint density at radius 1 is 0.649 bits per heavy atom. The summed E-state index contributed by atoms with van der Waals surface area (Å²) in [6.45, 7) is 2.94. The van der Waals surface area contributed by atoms with Crippen molar-refractivity contribution in [1.29, 1.82) is 0 Å². The normalized spacial score (nSPS) is 11.5. The van der Waals surface area contributed by atoms with Gasteiger partial charge in [-0.25, -0.2) is 14.6 Å². The third kappa shape index (κ3) is 13.6. The number of carboxylic acids is 2. The van der Waals surface area contributed by atoms with Crippen LogP contribution in [-0.2, 0) is 9.59 Å². The van der Waals surface area contributed by atoms with Gasteiger partial charge < -0.3 is 25.0 Å². The second-order valence-corrected chi connectivity index (χ2v) is 14.4. The van der Waals surface area contributed by atoms with Gasteiger partial charge in [0.1, 0.15) is 11.5 Å². The van der Waals surface area contributed by atoms with E-state index in [0.717, 1.165) is 52.4 Å². The van der Waals surface area contributed by atoms with Crippen LogP contribution in [0.2, 0.25) is 0 Å². The zero-order chi connectivity index (χ0) is 40.2. The maximum absolute atomic E-state index is 12.5. The first-order valence-electron chi connectivity index (χ1n) is 20.3. The zero-order valence-electron chi connectivity index (χ0n) is 32.8. The van der Waals surface area contributed by atoms with Gasteiger partial charge in [-0.3, -0.25) is 4.79 Å². The monoisotopic (exact) mass is 770 g/mol. The van der Waals surface area contributed by atoms with Crippen molar-refractivity contribution in [2.75, 3.05) is 6.54 Å². The Kier molecular flexibility index (Phi) is 16.6. The van der Waals surface area contributed by atoms with Gasteiger partial charge in [-0.2, -0.15) is 0 Å². The maximum Gasteiger partial charge on any atom is 0.374 e. The Hall–Kier alpha value is -6.03. The summed E-state index contributed by atoms with van der Waals surface area (Å²) >= 11 is 0. The van der Waals surface area contributed by atoms with Gasteiger partial charge in [0.25, 0.3) is 0 Å². The molecule has 0 fully saturated rings. The highest BCUT2D eigenvalue weighted by Gasteiger charge is 2.17. The molecule has 0 aliphatic carbocycles. The van der Waals surface area contributed by atoms with Crippen LogP contribution in [0.25, 0.3) is 57.3 Å². The fourth-order valence-corrected chi connectivity index (χ4v) is 6.68. The van der Waals surface area contributed by atoms with Crippen LogP contribution in [0.1, 0.15) is 118 Å². The van der Waals surface area contributed by atoms with Crippen LogP contribution in [0.3, 0.4) is 0 Å². The largest absolute Gasteiger partial charge is 0.478 e. The van der Waals surface area contributed by atoms with E-state index in [-0.39, 0.29) is 11.7 Å². The number of imidazole rings is 1. The van der Waals surface area contributed by atoms with Gasteiger partial charge >= 0.3 is 11.9 Å². The number of amides is 1. The molecule has 0 spiro atoms. The van der Waals surface area contributed by atoms with Crippen molar-refractivity contribution in [3.8, 4) is 45.2 Å². The smallest absolute Gasteiger partial charge is 0.374 e. The molecule has 2 aromatic heterocycles. The molecule has 298 valence electrons. The van der Waals surface area contributed by atoms with Crippen LogP contribution in [-0.4, -0.2) is 49.7 Å².